The highest BCUT2D eigenvalue weighted by Gasteiger charge is 2.18. The lowest BCUT2D eigenvalue weighted by Crippen LogP contribution is -2.45. The largest absolute Gasteiger partial charge is 0.394 e. The maximum Gasteiger partial charge on any atom is 0.220 e. The molecule has 0 aliphatic carbocycles. The Labute approximate surface area is 363 Å². The highest BCUT2D eigenvalue weighted by molar-refractivity contribution is 5.76. The molecular weight excluding hydrogens is 711 g/mol. The van der Waals surface area contributed by atoms with Crippen LogP contribution in [0.2, 0.25) is 0 Å². The van der Waals surface area contributed by atoms with Crippen molar-refractivity contribution in [1.82, 2.24) is 5.32 Å². The zero-order valence-electron chi connectivity index (χ0n) is 39.1. The second-order valence-corrected chi connectivity index (χ2v) is 17.6. The molecule has 0 aromatic carbocycles. The van der Waals surface area contributed by atoms with Gasteiger partial charge in [-0.25, -0.2) is 0 Å². The van der Waals surface area contributed by atoms with Crippen LogP contribution in [0.3, 0.4) is 0 Å². The Morgan fingerprint density at radius 1 is 0.431 bits per heavy atom. The number of carbonyl (C=O) groups excluding carboxylic acids is 1. The number of carbonyl (C=O) groups is 1. The molecule has 0 spiro atoms. The summed E-state index contributed by atoms with van der Waals surface area (Å²) < 4.78 is 0. The van der Waals surface area contributed by atoms with Crippen LogP contribution in [-0.2, 0) is 4.79 Å². The minimum atomic E-state index is -0.845. The molecule has 0 rings (SSSR count). The molecule has 340 valence electrons. The smallest absolute Gasteiger partial charge is 0.220 e. The van der Waals surface area contributed by atoms with Gasteiger partial charge in [-0.2, -0.15) is 0 Å². The minimum absolute atomic E-state index is 0.0730. The molecule has 0 saturated carbocycles. The van der Waals surface area contributed by atoms with Crippen LogP contribution in [0.15, 0.2) is 48.6 Å². The van der Waals surface area contributed by atoms with Crippen LogP contribution in [0, 0.1) is 0 Å². The van der Waals surface area contributed by atoms with Crippen molar-refractivity contribution in [2.45, 2.75) is 283 Å². The Morgan fingerprint density at radius 2 is 0.759 bits per heavy atom. The van der Waals surface area contributed by atoms with E-state index in [2.05, 4.69) is 55.6 Å². The maximum atomic E-state index is 12.4. The molecule has 0 aromatic heterocycles. The molecule has 0 aromatic rings. The van der Waals surface area contributed by atoms with Crippen LogP contribution in [-0.4, -0.2) is 34.9 Å². The van der Waals surface area contributed by atoms with Crippen molar-refractivity contribution < 1.29 is 15.0 Å². The molecule has 1 amide bonds. The van der Waals surface area contributed by atoms with Crippen molar-refractivity contribution >= 4 is 5.91 Å². The first kappa shape index (κ1) is 56.4. The Balaban J connectivity index is 3.49. The molecule has 0 bridgehead atoms. The molecule has 0 heterocycles. The summed E-state index contributed by atoms with van der Waals surface area (Å²) in [6.07, 6.45) is 68.3. The third-order valence-corrected chi connectivity index (χ3v) is 11.8. The molecule has 2 atom stereocenters. The lowest BCUT2D eigenvalue weighted by molar-refractivity contribution is -0.123. The molecule has 58 heavy (non-hydrogen) atoms. The van der Waals surface area contributed by atoms with Gasteiger partial charge in [0, 0.05) is 6.42 Å². The number of amides is 1. The summed E-state index contributed by atoms with van der Waals surface area (Å²) in [7, 11) is 0. The third kappa shape index (κ3) is 45.4. The van der Waals surface area contributed by atoms with Gasteiger partial charge in [-0.1, -0.05) is 262 Å². The number of nitrogens with one attached hydrogen (secondary N) is 1. The average Bonchev–Trinajstić information content (AvgIpc) is 3.23. The van der Waals surface area contributed by atoms with Crippen molar-refractivity contribution in [1.29, 1.82) is 0 Å². The second-order valence-electron chi connectivity index (χ2n) is 17.6. The van der Waals surface area contributed by atoms with Crippen LogP contribution >= 0.6 is 0 Å². The highest BCUT2D eigenvalue weighted by Crippen LogP contribution is 2.17. The summed E-state index contributed by atoms with van der Waals surface area (Å²) in [6.45, 7) is 4.21. The molecule has 4 heteroatoms. The lowest BCUT2D eigenvalue weighted by atomic mass is 10.0. The molecular formula is C54H101NO3. The van der Waals surface area contributed by atoms with Gasteiger partial charge in [0.2, 0.25) is 5.91 Å². The fourth-order valence-electron chi connectivity index (χ4n) is 7.90. The Bertz CT molecular complexity index is 923. The summed E-state index contributed by atoms with van der Waals surface area (Å²) in [4.78, 5) is 12.4. The van der Waals surface area contributed by atoms with Crippen molar-refractivity contribution in [2.24, 2.45) is 0 Å². The van der Waals surface area contributed by atoms with E-state index in [1.165, 1.54) is 193 Å². The van der Waals surface area contributed by atoms with E-state index < -0.39 is 12.1 Å². The first-order valence-electron chi connectivity index (χ1n) is 25.9. The highest BCUT2D eigenvalue weighted by atomic mass is 16.3. The SMILES string of the molecule is CC/C=C\C/C=C\C/C=C\CCCCCCCCCC(=O)NC(CO)C(O)/C=C/CCCCCCCCCCCCCCCCCCCCCCCCCCCCC. The fraction of sp³-hybridized carbons (Fsp3) is 0.833. The van der Waals surface area contributed by atoms with Gasteiger partial charge in [0.1, 0.15) is 0 Å². The Kier molecular flexibility index (Phi) is 48.3. The van der Waals surface area contributed by atoms with Crippen molar-refractivity contribution in [2.75, 3.05) is 6.61 Å². The molecule has 0 saturated heterocycles. The monoisotopic (exact) mass is 812 g/mol. The zero-order chi connectivity index (χ0) is 42.1. The van der Waals surface area contributed by atoms with E-state index in [4.69, 9.17) is 0 Å². The van der Waals surface area contributed by atoms with Crippen molar-refractivity contribution in [3.05, 3.63) is 48.6 Å². The summed E-state index contributed by atoms with van der Waals surface area (Å²) in [6, 6.07) is -0.629. The summed E-state index contributed by atoms with van der Waals surface area (Å²) in [5.74, 6) is -0.0730. The van der Waals surface area contributed by atoms with Gasteiger partial charge in [0.15, 0.2) is 0 Å². The molecule has 3 N–H and O–H groups in total. The quantitative estimate of drug-likeness (QED) is 0.0423. The summed E-state index contributed by atoms with van der Waals surface area (Å²) >= 11 is 0. The van der Waals surface area contributed by atoms with E-state index in [0.717, 1.165) is 57.8 Å². The van der Waals surface area contributed by atoms with E-state index in [-0.39, 0.29) is 12.5 Å². The molecule has 2 unspecified atom stereocenters. The van der Waals surface area contributed by atoms with Crippen LogP contribution in [0.5, 0.6) is 0 Å². The van der Waals surface area contributed by atoms with Gasteiger partial charge >= 0.3 is 0 Å². The van der Waals surface area contributed by atoms with Gasteiger partial charge < -0.3 is 15.5 Å². The van der Waals surface area contributed by atoms with Crippen LogP contribution < -0.4 is 5.32 Å². The fourth-order valence-corrected chi connectivity index (χ4v) is 7.90. The molecule has 0 fully saturated rings. The summed E-state index contributed by atoms with van der Waals surface area (Å²) in [5.41, 5.74) is 0. The number of hydrogen-bond acceptors (Lipinski definition) is 3. The van der Waals surface area contributed by atoms with Gasteiger partial charge in [0.25, 0.3) is 0 Å². The van der Waals surface area contributed by atoms with Gasteiger partial charge in [0.05, 0.1) is 18.8 Å². The second kappa shape index (κ2) is 49.7. The molecule has 0 radical (unpaired) electrons. The number of aliphatic hydroxyl groups excluding tert-OH is 2. The van der Waals surface area contributed by atoms with Gasteiger partial charge in [-0.3, -0.25) is 4.79 Å². The zero-order valence-corrected chi connectivity index (χ0v) is 39.1. The van der Waals surface area contributed by atoms with E-state index in [0.29, 0.717) is 6.42 Å². The van der Waals surface area contributed by atoms with Gasteiger partial charge in [-0.05, 0) is 51.4 Å². The molecule has 0 aliphatic rings. The standard InChI is InChI=1S/C54H101NO3/c1-3-5-7-9-11-13-15-17-19-21-22-23-24-25-26-27-28-29-30-31-32-34-35-37-39-41-43-45-47-49-53(57)52(51-56)55-54(58)50-48-46-44-42-40-38-36-33-20-18-16-14-12-10-8-6-4-2/h6,8,12,14,18,20,47,49,52-53,56-57H,3-5,7,9-11,13,15-17,19,21-46,48,50-51H2,1-2H3,(H,55,58)/b8-6-,14-12-,20-18-,49-47+. The lowest BCUT2D eigenvalue weighted by Gasteiger charge is -2.20. The van der Waals surface area contributed by atoms with Crippen molar-refractivity contribution in [3.63, 3.8) is 0 Å². The average molecular weight is 812 g/mol. The van der Waals surface area contributed by atoms with E-state index in [1.807, 2.05) is 6.08 Å². The van der Waals surface area contributed by atoms with Gasteiger partial charge in [-0.15, -0.1) is 0 Å². The predicted octanol–water partition coefficient (Wildman–Crippen LogP) is 16.7. The normalized spacial score (nSPS) is 13.2. The number of unbranched alkanes of at least 4 members (excludes halogenated alkanes) is 34. The Morgan fingerprint density at radius 3 is 1.14 bits per heavy atom. The van der Waals surface area contributed by atoms with Crippen molar-refractivity contribution in [3.8, 4) is 0 Å². The third-order valence-electron chi connectivity index (χ3n) is 11.8. The minimum Gasteiger partial charge on any atom is -0.394 e. The first-order chi connectivity index (χ1) is 28.7. The van der Waals surface area contributed by atoms with Crippen LogP contribution in [0.25, 0.3) is 0 Å². The van der Waals surface area contributed by atoms with Crippen LogP contribution in [0.1, 0.15) is 271 Å². The number of aliphatic hydroxyl groups is 2. The predicted molar refractivity (Wildman–Crippen MR) is 258 cm³/mol. The Hall–Kier alpha value is -1.65. The van der Waals surface area contributed by atoms with E-state index >= 15 is 0 Å². The maximum absolute atomic E-state index is 12.4. The number of allylic oxidation sites excluding steroid dienone is 7. The molecule has 0 aliphatic heterocycles. The first-order valence-corrected chi connectivity index (χ1v) is 25.9. The van der Waals surface area contributed by atoms with Crippen LogP contribution in [0.4, 0.5) is 0 Å². The van der Waals surface area contributed by atoms with E-state index in [1.54, 1.807) is 6.08 Å². The topological polar surface area (TPSA) is 69.6 Å². The summed E-state index contributed by atoms with van der Waals surface area (Å²) in [5, 5.41) is 23.1. The molecule has 4 nitrogen and oxygen atoms in total. The van der Waals surface area contributed by atoms with E-state index in [9.17, 15) is 15.0 Å². The number of rotatable bonds is 47. The number of hydrogen-bond donors (Lipinski definition) is 3.